The van der Waals surface area contributed by atoms with E-state index < -0.39 is 0 Å². The molecule has 1 aliphatic heterocycles. The zero-order valence-electron chi connectivity index (χ0n) is 16.6. The Labute approximate surface area is 165 Å². The Bertz CT molecular complexity index is 724. The van der Waals surface area contributed by atoms with Gasteiger partial charge in [-0.05, 0) is 38.1 Å². The molecule has 0 N–H and O–H groups in total. The van der Waals surface area contributed by atoms with Gasteiger partial charge in [-0.2, -0.15) is 0 Å². The molecule has 1 aromatic carbocycles. The second kappa shape index (κ2) is 9.87. The highest BCUT2D eigenvalue weighted by molar-refractivity contribution is 5.96. The standard InChI is InChI=1S/C20H27N3O5/c1-4-28-20(27)22-13-11-21(12-14-22)19(26)9-10-23(16(3)25)18-7-5-17(6-8-18)15(2)24/h5-8H,4,9-14H2,1-3H3. The molecule has 0 saturated carbocycles. The fourth-order valence-electron chi connectivity index (χ4n) is 3.06. The summed E-state index contributed by atoms with van der Waals surface area (Å²) in [6, 6.07) is 6.76. The Morgan fingerprint density at radius 1 is 0.964 bits per heavy atom. The predicted octanol–water partition coefficient (Wildman–Crippen LogP) is 1.93. The smallest absolute Gasteiger partial charge is 0.409 e. The molecule has 0 atom stereocenters. The summed E-state index contributed by atoms with van der Waals surface area (Å²) in [5, 5.41) is 0. The van der Waals surface area contributed by atoms with Gasteiger partial charge < -0.3 is 19.4 Å². The zero-order valence-corrected chi connectivity index (χ0v) is 16.6. The number of nitrogens with zero attached hydrogens (tertiary/aromatic N) is 3. The number of Topliss-reactive ketones (excluding diaryl/α,β-unsaturated/α-hetero) is 1. The van der Waals surface area contributed by atoms with Crippen molar-refractivity contribution in [2.24, 2.45) is 0 Å². The number of ketones is 1. The topological polar surface area (TPSA) is 87.2 Å². The van der Waals surface area contributed by atoms with Crippen molar-refractivity contribution in [2.75, 3.05) is 44.2 Å². The van der Waals surface area contributed by atoms with Crippen molar-refractivity contribution >= 4 is 29.4 Å². The third-order valence-corrected chi connectivity index (χ3v) is 4.67. The molecule has 0 aromatic heterocycles. The molecule has 8 heteroatoms. The van der Waals surface area contributed by atoms with Gasteiger partial charge in [0.05, 0.1) is 6.61 Å². The number of ether oxygens (including phenoxy) is 1. The lowest BCUT2D eigenvalue weighted by Gasteiger charge is -2.34. The summed E-state index contributed by atoms with van der Waals surface area (Å²) in [6.45, 7) is 7.04. The Morgan fingerprint density at radius 2 is 1.54 bits per heavy atom. The van der Waals surface area contributed by atoms with Crippen LogP contribution in [0.2, 0.25) is 0 Å². The van der Waals surface area contributed by atoms with Gasteiger partial charge in [0.15, 0.2) is 5.78 Å². The van der Waals surface area contributed by atoms with Gasteiger partial charge in [0.1, 0.15) is 0 Å². The minimum absolute atomic E-state index is 0.0435. The van der Waals surface area contributed by atoms with E-state index in [0.717, 1.165) is 0 Å². The van der Waals surface area contributed by atoms with Crippen LogP contribution in [0.4, 0.5) is 10.5 Å². The molecule has 3 amide bonds. The lowest BCUT2D eigenvalue weighted by Crippen LogP contribution is -2.51. The Balaban J connectivity index is 1.90. The summed E-state index contributed by atoms with van der Waals surface area (Å²) in [4.78, 5) is 52.4. The lowest BCUT2D eigenvalue weighted by atomic mass is 10.1. The third-order valence-electron chi connectivity index (χ3n) is 4.67. The fraction of sp³-hybridized carbons (Fsp3) is 0.500. The Morgan fingerprint density at radius 3 is 2.04 bits per heavy atom. The quantitative estimate of drug-likeness (QED) is 0.694. The minimum Gasteiger partial charge on any atom is -0.450 e. The summed E-state index contributed by atoms with van der Waals surface area (Å²) in [5.41, 5.74) is 1.22. The van der Waals surface area contributed by atoms with Gasteiger partial charge in [-0.25, -0.2) is 4.79 Å². The van der Waals surface area contributed by atoms with E-state index in [1.807, 2.05) is 0 Å². The molecule has 1 heterocycles. The first-order chi connectivity index (χ1) is 13.3. The number of amides is 3. The van der Waals surface area contributed by atoms with Gasteiger partial charge >= 0.3 is 6.09 Å². The predicted molar refractivity (Wildman–Crippen MR) is 104 cm³/mol. The van der Waals surface area contributed by atoms with E-state index >= 15 is 0 Å². The molecular formula is C20H27N3O5. The van der Waals surface area contributed by atoms with E-state index in [9.17, 15) is 19.2 Å². The second-order valence-electron chi connectivity index (χ2n) is 6.59. The van der Waals surface area contributed by atoms with Crippen molar-refractivity contribution in [2.45, 2.75) is 27.2 Å². The number of hydrogen-bond donors (Lipinski definition) is 0. The van der Waals surface area contributed by atoms with Crippen molar-refractivity contribution < 1.29 is 23.9 Å². The monoisotopic (exact) mass is 389 g/mol. The summed E-state index contributed by atoms with van der Waals surface area (Å²) >= 11 is 0. The number of piperazine rings is 1. The average Bonchev–Trinajstić information content (AvgIpc) is 2.68. The van der Waals surface area contributed by atoms with E-state index in [-0.39, 0.29) is 36.7 Å². The molecule has 152 valence electrons. The van der Waals surface area contributed by atoms with Crippen molar-refractivity contribution in [3.05, 3.63) is 29.8 Å². The Kier molecular flexibility index (Phi) is 7.54. The van der Waals surface area contributed by atoms with Crippen molar-refractivity contribution in [3.63, 3.8) is 0 Å². The number of benzene rings is 1. The molecule has 0 unspecified atom stereocenters. The van der Waals surface area contributed by atoms with Crippen molar-refractivity contribution in [3.8, 4) is 0 Å². The first-order valence-electron chi connectivity index (χ1n) is 9.42. The van der Waals surface area contributed by atoms with E-state index in [4.69, 9.17) is 4.74 Å². The van der Waals surface area contributed by atoms with Crippen LogP contribution in [0.25, 0.3) is 0 Å². The van der Waals surface area contributed by atoms with Crippen LogP contribution in [0.15, 0.2) is 24.3 Å². The highest BCUT2D eigenvalue weighted by atomic mass is 16.6. The molecule has 0 aliphatic carbocycles. The highest BCUT2D eigenvalue weighted by Crippen LogP contribution is 2.17. The Hall–Kier alpha value is -2.90. The summed E-state index contributed by atoms with van der Waals surface area (Å²) in [7, 11) is 0. The summed E-state index contributed by atoms with van der Waals surface area (Å²) in [6.07, 6.45) is -0.167. The van der Waals surface area contributed by atoms with Crippen LogP contribution in [0, 0.1) is 0 Å². The summed E-state index contributed by atoms with van der Waals surface area (Å²) in [5.74, 6) is -0.274. The molecule has 8 nitrogen and oxygen atoms in total. The van der Waals surface area contributed by atoms with Crippen LogP contribution >= 0.6 is 0 Å². The molecular weight excluding hydrogens is 362 g/mol. The van der Waals surface area contributed by atoms with E-state index in [1.165, 1.54) is 18.7 Å². The maximum atomic E-state index is 12.5. The van der Waals surface area contributed by atoms with Crippen LogP contribution in [0.1, 0.15) is 37.6 Å². The highest BCUT2D eigenvalue weighted by Gasteiger charge is 2.25. The fourth-order valence-corrected chi connectivity index (χ4v) is 3.06. The first kappa shape index (κ1) is 21.4. The van der Waals surface area contributed by atoms with E-state index in [2.05, 4.69) is 0 Å². The van der Waals surface area contributed by atoms with Gasteiger partial charge in [-0.3, -0.25) is 14.4 Å². The number of carbonyl (C=O) groups is 4. The van der Waals surface area contributed by atoms with E-state index in [0.29, 0.717) is 44.0 Å². The summed E-state index contributed by atoms with van der Waals surface area (Å²) < 4.78 is 4.97. The first-order valence-corrected chi connectivity index (χ1v) is 9.42. The molecule has 1 aliphatic rings. The van der Waals surface area contributed by atoms with Gasteiger partial charge in [-0.15, -0.1) is 0 Å². The molecule has 28 heavy (non-hydrogen) atoms. The van der Waals surface area contributed by atoms with Crippen LogP contribution < -0.4 is 4.90 Å². The number of hydrogen-bond acceptors (Lipinski definition) is 5. The van der Waals surface area contributed by atoms with E-state index in [1.54, 1.807) is 41.0 Å². The van der Waals surface area contributed by atoms with Crippen LogP contribution in [0.5, 0.6) is 0 Å². The van der Waals surface area contributed by atoms with Crippen LogP contribution in [0.3, 0.4) is 0 Å². The molecule has 1 fully saturated rings. The molecule has 0 spiro atoms. The van der Waals surface area contributed by atoms with Gasteiger partial charge in [-0.1, -0.05) is 0 Å². The van der Waals surface area contributed by atoms with Crippen molar-refractivity contribution in [1.82, 2.24) is 9.80 Å². The number of anilines is 1. The van der Waals surface area contributed by atoms with Gasteiger partial charge in [0, 0.05) is 57.3 Å². The second-order valence-corrected chi connectivity index (χ2v) is 6.59. The SMILES string of the molecule is CCOC(=O)N1CCN(C(=O)CCN(C(C)=O)c2ccc(C(C)=O)cc2)CC1. The number of rotatable bonds is 6. The zero-order chi connectivity index (χ0) is 20.7. The van der Waals surface area contributed by atoms with Gasteiger partial charge in [0.25, 0.3) is 0 Å². The molecule has 2 rings (SSSR count). The molecule has 0 radical (unpaired) electrons. The largest absolute Gasteiger partial charge is 0.450 e. The molecule has 1 saturated heterocycles. The minimum atomic E-state index is -0.355. The maximum Gasteiger partial charge on any atom is 0.409 e. The van der Waals surface area contributed by atoms with Gasteiger partial charge in [0.2, 0.25) is 11.8 Å². The number of carbonyl (C=O) groups excluding carboxylic acids is 4. The average molecular weight is 389 g/mol. The molecule has 0 bridgehead atoms. The van der Waals surface area contributed by atoms with Crippen LogP contribution in [-0.4, -0.2) is 72.8 Å². The molecule has 1 aromatic rings. The van der Waals surface area contributed by atoms with Crippen LogP contribution in [-0.2, 0) is 14.3 Å². The third kappa shape index (κ3) is 5.55. The van der Waals surface area contributed by atoms with Crippen molar-refractivity contribution in [1.29, 1.82) is 0 Å². The normalized spacial score (nSPS) is 13.8. The maximum absolute atomic E-state index is 12.5. The lowest BCUT2D eigenvalue weighted by molar-refractivity contribution is -0.132.